The van der Waals surface area contributed by atoms with Crippen LogP contribution in [0.1, 0.15) is 42.9 Å². The highest BCUT2D eigenvalue weighted by Crippen LogP contribution is 2.30. The number of hydrogen-bond donors (Lipinski definition) is 2. The maximum Gasteiger partial charge on any atom is 0.193 e. The van der Waals surface area contributed by atoms with Crippen LogP contribution >= 0.6 is 0 Å². The van der Waals surface area contributed by atoms with Gasteiger partial charge in [-0.05, 0) is 42.2 Å². The second-order valence-electron chi connectivity index (χ2n) is 6.42. The third kappa shape index (κ3) is 4.32. The molecule has 1 atom stereocenters. The first-order valence-corrected chi connectivity index (χ1v) is 8.75. The smallest absolute Gasteiger partial charge is 0.193 e. The summed E-state index contributed by atoms with van der Waals surface area (Å²) in [4.78, 5) is 4.31. The van der Waals surface area contributed by atoms with Gasteiger partial charge in [-0.2, -0.15) is 0 Å². The van der Waals surface area contributed by atoms with Gasteiger partial charge >= 0.3 is 0 Å². The molecule has 3 N–H and O–H groups in total. The fourth-order valence-corrected chi connectivity index (χ4v) is 2.86. The van der Waals surface area contributed by atoms with Crippen molar-refractivity contribution in [3.8, 4) is 5.75 Å². The van der Waals surface area contributed by atoms with Gasteiger partial charge < -0.3 is 20.5 Å². The number of nitrogens with zero attached hydrogens (tertiary/aromatic N) is 1. The quantitative estimate of drug-likeness (QED) is 0.623. The predicted molar refractivity (Wildman–Crippen MR) is 101 cm³/mol. The number of halogens is 1. The Balaban J connectivity index is 1.68. The van der Waals surface area contributed by atoms with E-state index in [0.29, 0.717) is 29.4 Å². The minimum absolute atomic E-state index is 0.158. The Hall–Kier alpha value is -2.60. The summed E-state index contributed by atoms with van der Waals surface area (Å²) in [5.41, 5.74) is 9.47. The molecule has 1 aliphatic rings. The average Bonchev–Trinajstić information content (AvgIpc) is 2.66. The molecule has 0 fully saturated rings. The molecular formula is C20H24FN3O2. The molecule has 0 saturated heterocycles. The first kappa shape index (κ1) is 18.2. The highest BCUT2D eigenvalue weighted by Gasteiger charge is 2.16. The third-order valence-corrected chi connectivity index (χ3v) is 4.54. The van der Waals surface area contributed by atoms with E-state index >= 15 is 0 Å². The van der Waals surface area contributed by atoms with Crippen molar-refractivity contribution in [3.05, 3.63) is 58.9 Å². The minimum Gasteiger partial charge on any atom is -0.467 e. The lowest BCUT2D eigenvalue weighted by atomic mass is 9.99. The molecule has 2 aromatic rings. The van der Waals surface area contributed by atoms with E-state index < -0.39 is 0 Å². The standard InChI is InChI=1S/C20H24FN3O2/c1-3-13(2)14-4-6-18(7-5-14)24-20(22)23-10-15-8-17(21)9-16-11-25-12-26-19(15)16/h4-9,13H,3,10-12H2,1-2H3,(H3,22,23,24). The van der Waals surface area contributed by atoms with Crippen molar-refractivity contribution in [1.82, 2.24) is 0 Å². The van der Waals surface area contributed by atoms with E-state index in [2.05, 4.69) is 36.3 Å². The molecule has 0 spiro atoms. The van der Waals surface area contributed by atoms with Gasteiger partial charge in [-0.1, -0.05) is 26.0 Å². The van der Waals surface area contributed by atoms with Crippen LogP contribution in [0.15, 0.2) is 41.4 Å². The molecule has 2 aromatic carbocycles. The van der Waals surface area contributed by atoms with Gasteiger partial charge in [0.15, 0.2) is 12.8 Å². The summed E-state index contributed by atoms with van der Waals surface area (Å²) < 4.78 is 24.4. The van der Waals surface area contributed by atoms with E-state index in [9.17, 15) is 4.39 Å². The molecule has 0 bridgehead atoms. The molecule has 1 heterocycles. The van der Waals surface area contributed by atoms with E-state index in [-0.39, 0.29) is 25.1 Å². The van der Waals surface area contributed by atoms with Crippen LogP contribution in [0.2, 0.25) is 0 Å². The molecule has 138 valence electrons. The Morgan fingerprint density at radius 3 is 2.81 bits per heavy atom. The van der Waals surface area contributed by atoms with Gasteiger partial charge in [0.25, 0.3) is 0 Å². The van der Waals surface area contributed by atoms with Crippen molar-refractivity contribution in [2.45, 2.75) is 39.3 Å². The zero-order valence-corrected chi connectivity index (χ0v) is 15.1. The largest absolute Gasteiger partial charge is 0.467 e. The first-order chi connectivity index (χ1) is 12.6. The number of hydrogen-bond acceptors (Lipinski definition) is 3. The van der Waals surface area contributed by atoms with Gasteiger partial charge in [-0.25, -0.2) is 9.38 Å². The second-order valence-corrected chi connectivity index (χ2v) is 6.42. The normalized spacial score (nSPS) is 15.1. The monoisotopic (exact) mass is 357 g/mol. The summed E-state index contributed by atoms with van der Waals surface area (Å²) >= 11 is 0. The minimum atomic E-state index is -0.338. The van der Waals surface area contributed by atoms with Crippen molar-refractivity contribution >= 4 is 11.6 Å². The lowest BCUT2D eigenvalue weighted by molar-refractivity contribution is -0.0172. The van der Waals surface area contributed by atoms with E-state index in [4.69, 9.17) is 15.2 Å². The van der Waals surface area contributed by atoms with E-state index in [1.165, 1.54) is 17.7 Å². The Bertz CT molecular complexity index is 790. The average molecular weight is 357 g/mol. The fraction of sp³-hybridized carbons (Fsp3) is 0.350. The summed E-state index contributed by atoms with van der Waals surface area (Å²) in [7, 11) is 0. The van der Waals surface area contributed by atoms with Gasteiger partial charge in [0.05, 0.1) is 13.2 Å². The van der Waals surface area contributed by atoms with Crippen molar-refractivity contribution in [3.63, 3.8) is 0 Å². The van der Waals surface area contributed by atoms with E-state index in [0.717, 1.165) is 12.1 Å². The number of rotatable bonds is 5. The third-order valence-electron chi connectivity index (χ3n) is 4.54. The van der Waals surface area contributed by atoms with Crippen LogP contribution in [-0.2, 0) is 17.9 Å². The highest BCUT2D eigenvalue weighted by molar-refractivity contribution is 5.92. The molecular weight excluding hydrogens is 333 g/mol. The number of benzene rings is 2. The van der Waals surface area contributed by atoms with Gasteiger partial charge in [0.1, 0.15) is 11.6 Å². The summed E-state index contributed by atoms with van der Waals surface area (Å²) in [6.07, 6.45) is 1.10. The number of nitrogens with one attached hydrogen (secondary N) is 1. The molecule has 0 radical (unpaired) electrons. The van der Waals surface area contributed by atoms with Crippen molar-refractivity contribution in [2.75, 3.05) is 12.1 Å². The Kier molecular flexibility index (Phi) is 5.73. The molecule has 0 aromatic heterocycles. The lowest BCUT2D eigenvalue weighted by Gasteiger charge is -2.20. The Morgan fingerprint density at radius 1 is 1.31 bits per heavy atom. The zero-order valence-electron chi connectivity index (χ0n) is 15.1. The fourth-order valence-electron chi connectivity index (χ4n) is 2.86. The van der Waals surface area contributed by atoms with Crippen molar-refractivity contribution < 1.29 is 13.9 Å². The van der Waals surface area contributed by atoms with Crippen LogP contribution in [0.5, 0.6) is 5.75 Å². The SMILES string of the molecule is CCC(C)c1ccc(NC(N)=NCc2cc(F)cc3c2OCOC3)cc1. The number of anilines is 1. The molecule has 5 nitrogen and oxygen atoms in total. The summed E-state index contributed by atoms with van der Waals surface area (Å²) in [6.45, 7) is 5.09. The zero-order chi connectivity index (χ0) is 18.5. The molecule has 3 rings (SSSR count). The number of fused-ring (bicyclic) bond motifs is 1. The molecule has 0 amide bonds. The number of ether oxygens (including phenoxy) is 2. The number of nitrogens with two attached hydrogens (primary N) is 1. The van der Waals surface area contributed by atoms with Crippen molar-refractivity contribution in [2.24, 2.45) is 10.7 Å². The molecule has 0 aliphatic carbocycles. The second kappa shape index (κ2) is 8.19. The Morgan fingerprint density at radius 2 is 2.08 bits per heavy atom. The molecule has 6 heteroatoms. The maximum absolute atomic E-state index is 13.8. The lowest BCUT2D eigenvalue weighted by Crippen LogP contribution is -2.22. The molecule has 26 heavy (non-hydrogen) atoms. The Labute approximate surface area is 153 Å². The van der Waals surface area contributed by atoms with E-state index in [1.807, 2.05) is 12.1 Å². The van der Waals surface area contributed by atoms with Gasteiger partial charge in [-0.3, -0.25) is 0 Å². The van der Waals surface area contributed by atoms with Gasteiger partial charge in [0, 0.05) is 16.8 Å². The van der Waals surface area contributed by atoms with Crippen LogP contribution in [0.4, 0.5) is 10.1 Å². The molecule has 1 unspecified atom stereocenters. The van der Waals surface area contributed by atoms with Crippen LogP contribution in [0, 0.1) is 5.82 Å². The highest BCUT2D eigenvalue weighted by atomic mass is 19.1. The number of aliphatic imine (C=N–C) groups is 1. The molecule has 0 saturated carbocycles. The molecule has 1 aliphatic heterocycles. The number of guanidine groups is 1. The summed E-state index contributed by atoms with van der Waals surface area (Å²) in [5, 5.41) is 3.06. The first-order valence-electron chi connectivity index (χ1n) is 8.75. The van der Waals surface area contributed by atoms with Crippen LogP contribution in [0.3, 0.4) is 0 Å². The maximum atomic E-state index is 13.8. The topological polar surface area (TPSA) is 68.9 Å². The predicted octanol–water partition coefficient (Wildman–Crippen LogP) is 4.13. The van der Waals surface area contributed by atoms with Gasteiger partial charge in [-0.15, -0.1) is 0 Å². The van der Waals surface area contributed by atoms with Crippen LogP contribution < -0.4 is 15.8 Å². The van der Waals surface area contributed by atoms with Crippen LogP contribution in [0.25, 0.3) is 0 Å². The summed E-state index contributed by atoms with van der Waals surface area (Å²) in [5.74, 6) is 1.09. The van der Waals surface area contributed by atoms with Crippen LogP contribution in [-0.4, -0.2) is 12.8 Å². The summed E-state index contributed by atoms with van der Waals surface area (Å²) in [6, 6.07) is 11.0. The van der Waals surface area contributed by atoms with E-state index in [1.54, 1.807) is 0 Å². The van der Waals surface area contributed by atoms with Gasteiger partial charge in [0.2, 0.25) is 0 Å². The van der Waals surface area contributed by atoms with Crippen molar-refractivity contribution in [1.29, 1.82) is 0 Å².